The van der Waals surface area contributed by atoms with E-state index in [2.05, 4.69) is 15.3 Å². The summed E-state index contributed by atoms with van der Waals surface area (Å²) in [6.07, 6.45) is 9.34. The quantitative estimate of drug-likeness (QED) is 0.771. The molecule has 1 aromatic rings. The Morgan fingerprint density at radius 1 is 1.43 bits per heavy atom. The fourth-order valence-electron chi connectivity index (χ4n) is 3.63. The highest BCUT2D eigenvalue weighted by Gasteiger charge is 2.31. The Kier molecular flexibility index (Phi) is 4.53. The molecule has 2 aliphatic rings. The number of nitrogens with two attached hydrogens (primary N) is 1. The molecule has 126 valence electrons. The molecule has 0 spiro atoms. The third-order valence-electron chi connectivity index (χ3n) is 5.11. The van der Waals surface area contributed by atoms with E-state index in [9.17, 15) is 9.90 Å². The summed E-state index contributed by atoms with van der Waals surface area (Å²) in [5, 5.41) is 13.6. The van der Waals surface area contributed by atoms with Crippen LogP contribution in [0.1, 0.15) is 67.9 Å². The molecule has 2 saturated carbocycles. The summed E-state index contributed by atoms with van der Waals surface area (Å²) >= 11 is 0. The Morgan fingerprint density at radius 2 is 2.22 bits per heavy atom. The fourth-order valence-corrected chi connectivity index (χ4v) is 3.63. The maximum absolute atomic E-state index is 11.7. The zero-order chi connectivity index (χ0) is 16.4. The van der Waals surface area contributed by atoms with Crippen molar-refractivity contribution < 1.29 is 9.90 Å². The molecule has 0 bridgehead atoms. The van der Waals surface area contributed by atoms with Gasteiger partial charge in [0.1, 0.15) is 0 Å². The number of anilines is 1. The Morgan fingerprint density at radius 3 is 2.83 bits per heavy atom. The average Bonchev–Trinajstić information content (AvgIpc) is 2.42. The third-order valence-corrected chi connectivity index (χ3v) is 5.11. The lowest BCUT2D eigenvalue weighted by molar-refractivity contribution is 0.00107. The van der Waals surface area contributed by atoms with Crippen LogP contribution in [0, 0.1) is 5.92 Å². The second kappa shape index (κ2) is 6.43. The Balaban J connectivity index is 1.76. The number of amides is 1. The summed E-state index contributed by atoms with van der Waals surface area (Å²) in [5.41, 5.74) is 5.96. The molecular formula is C17H26N4O2. The van der Waals surface area contributed by atoms with Crippen molar-refractivity contribution in [1.82, 2.24) is 9.97 Å². The molecule has 6 heteroatoms. The molecule has 2 atom stereocenters. The zero-order valence-corrected chi connectivity index (χ0v) is 13.7. The molecule has 0 aliphatic heterocycles. The van der Waals surface area contributed by atoms with E-state index in [1.807, 2.05) is 6.92 Å². The molecule has 0 unspecified atom stereocenters. The van der Waals surface area contributed by atoms with Crippen LogP contribution in [0.15, 0.2) is 6.20 Å². The monoisotopic (exact) mass is 318 g/mol. The fraction of sp³-hybridized carbons (Fsp3) is 0.706. The summed E-state index contributed by atoms with van der Waals surface area (Å²) in [6.45, 7) is 1.89. The van der Waals surface area contributed by atoms with Crippen molar-refractivity contribution in [3.63, 3.8) is 0 Å². The largest absolute Gasteiger partial charge is 0.390 e. The third kappa shape index (κ3) is 3.99. The SMILES string of the molecule is C[C@]1(O)CCC[C@@H](Cc2nc(NC3CCC3)ncc2C(N)=O)C1. The van der Waals surface area contributed by atoms with Gasteiger partial charge in [-0.2, -0.15) is 0 Å². The molecule has 2 fully saturated rings. The van der Waals surface area contributed by atoms with E-state index < -0.39 is 11.5 Å². The molecule has 6 nitrogen and oxygen atoms in total. The molecule has 1 amide bonds. The summed E-state index contributed by atoms with van der Waals surface area (Å²) in [6, 6.07) is 0.442. The van der Waals surface area contributed by atoms with Gasteiger partial charge in [-0.05, 0) is 57.8 Å². The molecule has 0 saturated heterocycles. The van der Waals surface area contributed by atoms with E-state index in [4.69, 9.17) is 5.73 Å². The number of carbonyl (C=O) groups is 1. The van der Waals surface area contributed by atoms with Gasteiger partial charge in [-0.1, -0.05) is 6.42 Å². The van der Waals surface area contributed by atoms with Crippen LogP contribution in [0.5, 0.6) is 0 Å². The van der Waals surface area contributed by atoms with Crippen molar-refractivity contribution >= 4 is 11.9 Å². The van der Waals surface area contributed by atoms with Gasteiger partial charge in [0.15, 0.2) is 0 Å². The first-order valence-electron chi connectivity index (χ1n) is 8.57. The lowest BCUT2D eigenvalue weighted by Gasteiger charge is -2.34. The highest BCUT2D eigenvalue weighted by molar-refractivity contribution is 5.93. The predicted molar refractivity (Wildman–Crippen MR) is 88.1 cm³/mol. The first-order valence-corrected chi connectivity index (χ1v) is 8.57. The maximum atomic E-state index is 11.7. The van der Waals surface area contributed by atoms with Gasteiger partial charge in [0.25, 0.3) is 5.91 Å². The van der Waals surface area contributed by atoms with E-state index in [1.165, 1.54) is 12.6 Å². The Labute approximate surface area is 136 Å². The van der Waals surface area contributed by atoms with Crippen molar-refractivity contribution in [3.05, 3.63) is 17.5 Å². The topological polar surface area (TPSA) is 101 Å². The smallest absolute Gasteiger partial charge is 0.252 e. The normalized spacial score (nSPS) is 28.2. The highest BCUT2D eigenvalue weighted by atomic mass is 16.3. The molecule has 2 aliphatic carbocycles. The molecule has 23 heavy (non-hydrogen) atoms. The first kappa shape index (κ1) is 16.2. The summed E-state index contributed by atoms with van der Waals surface area (Å²) in [5.74, 6) is 0.415. The number of carbonyl (C=O) groups excluding carboxylic acids is 1. The molecule has 1 heterocycles. The van der Waals surface area contributed by atoms with Gasteiger partial charge in [-0.15, -0.1) is 0 Å². The van der Waals surface area contributed by atoms with Gasteiger partial charge >= 0.3 is 0 Å². The van der Waals surface area contributed by atoms with Crippen LogP contribution < -0.4 is 11.1 Å². The summed E-state index contributed by atoms with van der Waals surface area (Å²) in [4.78, 5) is 20.4. The second-order valence-electron chi connectivity index (χ2n) is 7.35. The Hall–Kier alpha value is -1.69. The number of aliphatic hydroxyl groups is 1. The minimum atomic E-state index is -0.615. The number of hydrogen-bond acceptors (Lipinski definition) is 5. The van der Waals surface area contributed by atoms with Gasteiger partial charge in [0, 0.05) is 12.2 Å². The molecular weight excluding hydrogens is 292 g/mol. The summed E-state index contributed by atoms with van der Waals surface area (Å²) in [7, 11) is 0. The van der Waals surface area contributed by atoms with E-state index in [0.717, 1.165) is 38.5 Å². The molecule has 0 aromatic carbocycles. The van der Waals surface area contributed by atoms with Gasteiger partial charge in [-0.3, -0.25) is 4.79 Å². The van der Waals surface area contributed by atoms with Crippen LogP contribution in [0.25, 0.3) is 0 Å². The number of hydrogen-bond donors (Lipinski definition) is 3. The lowest BCUT2D eigenvalue weighted by Crippen LogP contribution is -2.33. The average molecular weight is 318 g/mol. The maximum Gasteiger partial charge on any atom is 0.252 e. The van der Waals surface area contributed by atoms with Gasteiger partial charge in [0.05, 0.1) is 16.9 Å². The van der Waals surface area contributed by atoms with Crippen molar-refractivity contribution in [1.29, 1.82) is 0 Å². The first-order chi connectivity index (χ1) is 10.9. The number of primary amides is 1. The van der Waals surface area contributed by atoms with Crippen LogP contribution >= 0.6 is 0 Å². The van der Waals surface area contributed by atoms with Gasteiger partial charge in [-0.25, -0.2) is 9.97 Å². The zero-order valence-electron chi connectivity index (χ0n) is 13.7. The Bertz CT molecular complexity index is 584. The van der Waals surface area contributed by atoms with Gasteiger partial charge < -0.3 is 16.2 Å². The lowest BCUT2D eigenvalue weighted by atomic mass is 9.77. The van der Waals surface area contributed by atoms with E-state index in [0.29, 0.717) is 35.6 Å². The number of nitrogens with zero attached hydrogens (tertiary/aromatic N) is 2. The predicted octanol–water partition coefficient (Wildman–Crippen LogP) is 2.02. The van der Waals surface area contributed by atoms with Crippen molar-refractivity contribution in [2.45, 2.75) is 69.9 Å². The van der Waals surface area contributed by atoms with E-state index >= 15 is 0 Å². The van der Waals surface area contributed by atoms with E-state index in [1.54, 1.807) is 0 Å². The number of nitrogens with one attached hydrogen (secondary N) is 1. The molecule has 0 radical (unpaired) electrons. The number of rotatable bonds is 5. The van der Waals surface area contributed by atoms with Crippen LogP contribution in [0.4, 0.5) is 5.95 Å². The van der Waals surface area contributed by atoms with Crippen LogP contribution in [0.3, 0.4) is 0 Å². The molecule has 4 N–H and O–H groups in total. The summed E-state index contributed by atoms with van der Waals surface area (Å²) < 4.78 is 0. The minimum Gasteiger partial charge on any atom is -0.390 e. The van der Waals surface area contributed by atoms with Crippen molar-refractivity contribution in [3.8, 4) is 0 Å². The van der Waals surface area contributed by atoms with Crippen molar-refractivity contribution in [2.24, 2.45) is 11.7 Å². The highest BCUT2D eigenvalue weighted by Crippen LogP contribution is 2.34. The standard InChI is InChI=1S/C17H26N4O2/c1-17(23)7-3-4-11(9-17)8-14-13(15(18)22)10-19-16(21-14)20-12-5-2-6-12/h10-12,23H,2-9H2,1H3,(H2,18,22)(H,19,20,21)/t11-,17-/m0/s1. The number of aromatic nitrogens is 2. The molecule has 1 aromatic heterocycles. The van der Waals surface area contributed by atoms with E-state index in [-0.39, 0.29) is 0 Å². The van der Waals surface area contributed by atoms with Gasteiger partial charge in [0.2, 0.25) is 5.95 Å². The van der Waals surface area contributed by atoms with Crippen LogP contribution in [0.2, 0.25) is 0 Å². The van der Waals surface area contributed by atoms with Crippen LogP contribution in [-0.2, 0) is 6.42 Å². The van der Waals surface area contributed by atoms with Crippen molar-refractivity contribution in [2.75, 3.05) is 5.32 Å². The molecule has 3 rings (SSSR count). The minimum absolute atomic E-state index is 0.323. The second-order valence-corrected chi connectivity index (χ2v) is 7.35. The van der Waals surface area contributed by atoms with Crippen LogP contribution in [-0.4, -0.2) is 32.6 Å².